The fraction of sp³-hybridized carbons (Fsp3) is 0.250. The molecule has 0 amide bonds. The zero-order valence-corrected chi connectivity index (χ0v) is 11.4. The van der Waals surface area contributed by atoms with Gasteiger partial charge in [-0.15, -0.1) is 0 Å². The Bertz CT molecular complexity index is 712. The number of oxazole rings is 1. The molecular weight excluding hydrogens is 287 g/mol. The molecule has 2 aromatic rings. The standard InChI is InChI=1S/C12H13FN2O4S/c1-8-5-14-12(19-8)6-15-20(17,18)10-2-3-11(13)9(4-10)7-16/h2-5,15-16H,6-7H2,1H3. The summed E-state index contributed by atoms with van der Waals surface area (Å²) in [5.74, 6) is 0.147. The number of rotatable bonds is 5. The van der Waals surface area contributed by atoms with Crippen molar-refractivity contribution < 1.29 is 22.3 Å². The molecule has 6 nitrogen and oxygen atoms in total. The molecule has 2 rings (SSSR count). The van der Waals surface area contributed by atoms with Crippen LogP contribution < -0.4 is 4.72 Å². The van der Waals surface area contributed by atoms with Gasteiger partial charge in [-0.25, -0.2) is 22.5 Å². The Morgan fingerprint density at radius 2 is 2.20 bits per heavy atom. The molecular formula is C12H13FN2O4S. The summed E-state index contributed by atoms with van der Waals surface area (Å²) in [4.78, 5) is 3.73. The van der Waals surface area contributed by atoms with Gasteiger partial charge in [0.1, 0.15) is 11.6 Å². The Morgan fingerprint density at radius 1 is 1.45 bits per heavy atom. The predicted octanol–water partition coefficient (Wildman–Crippen LogP) is 1.09. The van der Waals surface area contributed by atoms with E-state index in [2.05, 4.69) is 9.71 Å². The van der Waals surface area contributed by atoms with Gasteiger partial charge < -0.3 is 9.52 Å². The van der Waals surface area contributed by atoms with Crippen LogP contribution in [0.15, 0.2) is 33.7 Å². The second-order valence-electron chi connectivity index (χ2n) is 4.10. The van der Waals surface area contributed by atoms with Crippen molar-refractivity contribution >= 4 is 10.0 Å². The maximum atomic E-state index is 13.2. The number of aromatic nitrogens is 1. The molecule has 1 aromatic heterocycles. The van der Waals surface area contributed by atoms with Gasteiger partial charge in [0.25, 0.3) is 0 Å². The molecule has 0 unspecified atom stereocenters. The molecule has 0 saturated heterocycles. The minimum Gasteiger partial charge on any atom is -0.445 e. The van der Waals surface area contributed by atoms with Gasteiger partial charge in [0.05, 0.1) is 24.2 Å². The molecule has 0 saturated carbocycles. The van der Waals surface area contributed by atoms with Crippen molar-refractivity contribution in [2.75, 3.05) is 0 Å². The van der Waals surface area contributed by atoms with Gasteiger partial charge in [0, 0.05) is 5.56 Å². The van der Waals surface area contributed by atoms with Crippen LogP contribution in [0.1, 0.15) is 17.2 Å². The smallest absolute Gasteiger partial charge is 0.241 e. The average molecular weight is 300 g/mol. The summed E-state index contributed by atoms with van der Waals surface area (Å²) in [5, 5.41) is 8.94. The van der Waals surface area contributed by atoms with E-state index in [1.807, 2.05) is 0 Å². The molecule has 0 fully saturated rings. The van der Waals surface area contributed by atoms with Crippen molar-refractivity contribution in [3.63, 3.8) is 0 Å². The van der Waals surface area contributed by atoms with E-state index in [4.69, 9.17) is 9.52 Å². The van der Waals surface area contributed by atoms with Gasteiger partial charge in [-0.05, 0) is 25.1 Å². The predicted molar refractivity (Wildman–Crippen MR) is 67.6 cm³/mol. The largest absolute Gasteiger partial charge is 0.445 e. The lowest BCUT2D eigenvalue weighted by Gasteiger charge is -2.07. The molecule has 0 aliphatic heterocycles. The highest BCUT2D eigenvalue weighted by Gasteiger charge is 2.17. The van der Waals surface area contributed by atoms with Crippen LogP contribution in [0.4, 0.5) is 4.39 Å². The summed E-state index contributed by atoms with van der Waals surface area (Å²) >= 11 is 0. The molecule has 1 heterocycles. The number of benzene rings is 1. The number of nitrogens with one attached hydrogen (secondary N) is 1. The molecule has 0 aliphatic rings. The van der Waals surface area contributed by atoms with Crippen LogP contribution in [-0.4, -0.2) is 18.5 Å². The lowest BCUT2D eigenvalue weighted by Crippen LogP contribution is -2.23. The second kappa shape index (κ2) is 5.70. The third kappa shape index (κ3) is 3.21. The summed E-state index contributed by atoms with van der Waals surface area (Å²) < 4.78 is 44.7. The molecule has 0 atom stereocenters. The van der Waals surface area contributed by atoms with E-state index < -0.39 is 22.4 Å². The Balaban J connectivity index is 2.17. The molecule has 8 heteroatoms. The van der Waals surface area contributed by atoms with Crippen molar-refractivity contribution in [2.24, 2.45) is 0 Å². The highest BCUT2D eigenvalue weighted by Crippen LogP contribution is 2.15. The van der Waals surface area contributed by atoms with Gasteiger partial charge >= 0.3 is 0 Å². The molecule has 0 bridgehead atoms. The zero-order chi connectivity index (χ0) is 14.8. The van der Waals surface area contributed by atoms with Crippen LogP contribution in [0.2, 0.25) is 0 Å². The molecule has 0 spiro atoms. The van der Waals surface area contributed by atoms with Crippen molar-refractivity contribution in [2.45, 2.75) is 25.0 Å². The summed E-state index contributed by atoms with van der Waals surface area (Å²) in [5.41, 5.74) is -0.0835. The van der Waals surface area contributed by atoms with Crippen LogP contribution >= 0.6 is 0 Å². The van der Waals surface area contributed by atoms with E-state index in [0.717, 1.165) is 18.2 Å². The first-order valence-corrected chi connectivity index (χ1v) is 7.21. The fourth-order valence-electron chi connectivity index (χ4n) is 1.56. The van der Waals surface area contributed by atoms with Crippen molar-refractivity contribution in [1.82, 2.24) is 9.71 Å². The Hall–Kier alpha value is -1.77. The number of aliphatic hydroxyl groups excluding tert-OH is 1. The third-order valence-corrected chi connectivity index (χ3v) is 3.98. The van der Waals surface area contributed by atoms with Crippen LogP contribution in [-0.2, 0) is 23.2 Å². The Labute approximate surface area is 115 Å². The first-order chi connectivity index (χ1) is 9.42. The van der Waals surface area contributed by atoms with E-state index in [9.17, 15) is 12.8 Å². The molecule has 108 valence electrons. The Morgan fingerprint density at radius 3 is 2.80 bits per heavy atom. The first kappa shape index (κ1) is 14.6. The zero-order valence-electron chi connectivity index (χ0n) is 10.6. The molecule has 1 aromatic carbocycles. The fourth-order valence-corrected chi connectivity index (χ4v) is 2.59. The highest BCUT2D eigenvalue weighted by atomic mass is 32.2. The van der Waals surface area contributed by atoms with E-state index in [1.54, 1.807) is 6.92 Å². The number of nitrogens with zero attached hydrogens (tertiary/aromatic N) is 1. The third-order valence-electron chi connectivity index (χ3n) is 2.58. The lowest BCUT2D eigenvalue weighted by atomic mass is 10.2. The van der Waals surface area contributed by atoms with E-state index in [0.29, 0.717) is 5.76 Å². The van der Waals surface area contributed by atoms with Crippen molar-refractivity contribution in [3.8, 4) is 0 Å². The van der Waals surface area contributed by atoms with E-state index in [1.165, 1.54) is 6.20 Å². The monoisotopic (exact) mass is 300 g/mol. The number of aliphatic hydroxyl groups is 1. The van der Waals surface area contributed by atoms with Gasteiger partial charge in [-0.1, -0.05) is 0 Å². The van der Waals surface area contributed by atoms with E-state index >= 15 is 0 Å². The summed E-state index contributed by atoms with van der Waals surface area (Å²) in [7, 11) is -3.83. The van der Waals surface area contributed by atoms with Crippen LogP contribution in [0.5, 0.6) is 0 Å². The summed E-state index contributed by atoms with van der Waals surface area (Å²) in [6.07, 6.45) is 1.48. The maximum absolute atomic E-state index is 13.2. The average Bonchev–Trinajstić information content (AvgIpc) is 2.83. The van der Waals surface area contributed by atoms with Gasteiger partial charge in [-0.3, -0.25) is 0 Å². The normalized spacial score (nSPS) is 11.8. The number of sulfonamides is 1. The SMILES string of the molecule is Cc1cnc(CNS(=O)(=O)c2ccc(F)c(CO)c2)o1. The quantitative estimate of drug-likeness (QED) is 0.862. The van der Waals surface area contributed by atoms with E-state index in [-0.39, 0.29) is 22.9 Å². The topological polar surface area (TPSA) is 92.4 Å². The minimum absolute atomic E-state index is 0.0835. The molecule has 2 N–H and O–H groups in total. The molecule has 20 heavy (non-hydrogen) atoms. The lowest BCUT2D eigenvalue weighted by molar-refractivity contribution is 0.275. The number of aryl methyl sites for hydroxylation is 1. The maximum Gasteiger partial charge on any atom is 0.241 e. The number of halogens is 1. The summed E-state index contributed by atoms with van der Waals surface area (Å²) in [6, 6.07) is 3.20. The van der Waals surface area contributed by atoms with Gasteiger partial charge in [-0.2, -0.15) is 0 Å². The van der Waals surface area contributed by atoms with Crippen molar-refractivity contribution in [3.05, 3.63) is 47.4 Å². The Kier molecular flexibility index (Phi) is 4.17. The van der Waals surface area contributed by atoms with Crippen molar-refractivity contribution in [1.29, 1.82) is 0 Å². The summed E-state index contributed by atoms with van der Waals surface area (Å²) in [6.45, 7) is 1.01. The number of hydrogen-bond acceptors (Lipinski definition) is 5. The highest BCUT2D eigenvalue weighted by molar-refractivity contribution is 7.89. The molecule has 0 aliphatic carbocycles. The van der Waals surface area contributed by atoms with Crippen LogP contribution in [0.3, 0.4) is 0 Å². The molecule has 0 radical (unpaired) electrons. The van der Waals surface area contributed by atoms with Gasteiger partial charge in [0.15, 0.2) is 0 Å². The second-order valence-corrected chi connectivity index (χ2v) is 5.87. The van der Waals surface area contributed by atoms with Crippen LogP contribution in [0, 0.1) is 12.7 Å². The van der Waals surface area contributed by atoms with Crippen LogP contribution in [0.25, 0.3) is 0 Å². The first-order valence-electron chi connectivity index (χ1n) is 5.72. The van der Waals surface area contributed by atoms with Gasteiger partial charge in [0.2, 0.25) is 15.9 Å². The minimum atomic E-state index is -3.83. The number of hydrogen-bond donors (Lipinski definition) is 2.